The lowest BCUT2D eigenvalue weighted by atomic mass is 10.1. The van der Waals surface area contributed by atoms with Gasteiger partial charge in [-0.1, -0.05) is 13.8 Å². The third-order valence-corrected chi connectivity index (χ3v) is 4.21. The minimum atomic E-state index is -0.0377. The number of phenolic OH excluding ortho intramolecular Hbond substituents is 1. The van der Waals surface area contributed by atoms with Crippen LogP contribution in [0.15, 0.2) is 18.2 Å². The molecule has 0 radical (unpaired) electrons. The summed E-state index contributed by atoms with van der Waals surface area (Å²) >= 11 is 1.90. The number of thioether (sulfide) groups is 1. The minimum Gasteiger partial charge on any atom is -0.506 e. The molecule has 1 amide bonds. The molecule has 5 heteroatoms. The van der Waals surface area contributed by atoms with Crippen LogP contribution in [0.5, 0.6) is 5.75 Å². The monoisotopic (exact) mass is 266 g/mol. The van der Waals surface area contributed by atoms with Crippen LogP contribution in [0, 0.1) is 0 Å². The van der Waals surface area contributed by atoms with Crippen molar-refractivity contribution in [3.05, 3.63) is 23.8 Å². The summed E-state index contributed by atoms with van der Waals surface area (Å²) in [5.41, 5.74) is 6.32. The number of hydrogen-bond acceptors (Lipinski definition) is 4. The van der Waals surface area contributed by atoms with Crippen molar-refractivity contribution in [2.24, 2.45) is 0 Å². The molecule has 98 valence electrons. The lowest BCUT2D eigenvalue weighted by molar-refractivity contribution is 0.0753. The van der Waals surface area contributed by atoms with E-state index in [2.05, 4.69) is 13.8 Å². The highest BCUT2D eigenvalue weighted by molar-refractivity contribution is 8.00. The predicted octanol–water partition coefficient (Wildman–Crippen LogP) is 1.94. The molecule has 3 N–H and O–H groups in total. The number of phenols is 1. The summed E-state index contributed by atoms with van der Waals surface area (Å²) in [4.78, 5) is 14.2. The van der Waals surface area contributed by atoms with Gasteiger partial charge in [-0.15, -0.1) is 0 Å². The van der Waals surface area contributed by atoms with Crippen LogP contribution in [0.3, 0.4) is 0 Å². The van der Waals surface area contributed by atoms with Gasteiger partial charge in [0.15, 0.2) is 0 Å². The summed E-state index contributed by atoms with van der Waals surface area (Å²) in [6, 6.07) is 4.66. The van der Waals surface area contributed by atoms with Crippen molar-refractivity contribution in [3.63, 3.8) is 0 Å². The fraction of sp³-hybridized carbons (Fsp3) is 0.462. The molecule has 18 heavy (non-hydrogen) atoms. The number of aromatic hydroxyl groups is 1. The summed E-state index contributed by atoms with van der Waals surface area (Å²) < 4.78 is 0. The van der Waals surface area contributed by atoms with E-state index in [0.717, 1.165) is 13.1 Å². The van der Waals surface area contributed by atoms with Crippen LogP contribution >= 0.6 is 11.8 Å². The topological polar surface area (TPSA) is 66.6 Å². The van der Waals surface area contributed by atoms with E-state index in [9.17, 15) is 9.90 Å². The van der Waals surface area contributed by atoms with Crippen molar-refractivity contribution in [1.29, 1.82) is 0 Å². The normalized spacial score (nSPS) is 24.0. The molecular formula is C13H18N2O2S. The van der Waals surface area contributed by atoms with E-state index in [4.69, 9.17) is 5.73 Å². The Bertz CT molecular complexity index is 454. The molecular weight excluding hydrogens is 248 g/mol. The van der Waals surface area contributed by atoms with Crippen LogP contribution < -0.4 is 5.73 Å². The van der Waals surface area contributed by atoms with Crippen LogP contribution in [-0.4, -0.2) is 39.5 Å². The third kappa shape index (κ3) is 2.72. The number of anilines is 1. The van der Waals surface area contributed by atoms with Gasteiger partial charge in [0.1, 0.15) is 5.75 Å². The number of nitrogens with two attached hydrogens (primary N) is 1. The SMILES string of the molecule is CC1CN(C(=O)c2ccc(N)c(O)c2)CC(C)S1. The second-order valence-corrected chi connectivity index (χ2v) is 6.62. The Balaban J connectivity index is 2.17. The highest BCUT2D eigenvalue weighted by Crippen LogP contribution is 2.27. The largest absolute Gasteiger partial charge is 0.506 e. The van der Waals surface area contributed by atoms with Crippen LogP contribution in [0.4, 0.5) is 5.69 Å². The van der Waals surface area contributed by atoms with Gasteiger partial charge in [-0.2, -0.15) is 11.8 Å². The molecule has 0 aromatic heterocycles. The van der Waals surface area contributed by atoms with Crippen molar-refractivity contribution in [1.82, 2.24) is 4.90 Å². The number of nitrogen functional groups attached to an aromatic ring is 1. The third-order valence-electron chi connectivity index (χ3n) is 2.98. The number of nitrogens with zero attached hydrogens (tertiary/aromatic N) is 1. The highest BCUT2D eigenvalue weighted by Gasteiger charge is 2.26. The van der Waals surface area contributed by atoms with E-state index in [1.165, 1.54) is 6.07 Å². The average molecular weight is 266 g/mol. The number of carbonyl (C=O) groups is 1. The zero-order valence-corrected chi connectivity index (χ0v) is 11.4. The zero-order chi connectivity index (χ0) is 13.3. The van der Waals surface area contributed by atoms with Crippen LogP contribution in [0.1, 0.15) is 24.2 Å². The van der Waals surface area contributed by atoms with Gasteiger partial charge < -0.3 is 15.7 Å². The summed E-state index contributed by atoms with van der Waals surface area (Å²) in [5, 5.41) is 10.4. The molecule has 1 aliphatic rings. The van der Waals surface area contributed by atoms with E-state index in [1.54, 1.807) is 12.1 Å². The lowest BCUT2D eigenvalue weighted by Crippen LogP contribution is -2.44. The van der Waals surface area contributed by atoms with Gasteiger partial charge in [-0.05, 0) is 18.2 Å². The number of benzene rings is 1. The number of carbonyl (C=O) groups excluding carboxylic acids is 1. The first kappa shape index (κ1) is 13.1. The van der Waals surface area contributed by atoms with Crippen molar-refractivity contribution >= 4 is 23.4 Å². The molecule has 0 spiro atoms. The van der Waals surface area contributed by atoms with Gasteiger partial charge in [-0.25, -0.2) is 0 Å². The van der Waals surface area contributed by atoms with Gasteiger partial charge >= 0.3 is 0 Å². The van der Waals surface area contributed by atoms with Crippen molar-refractivity contribution in [3.8, 4) is 5.75 Å². The first-order valence-electron chi connectivity index (χ1n) is 6.00. The summed E-state index contributed by atoms with van der Waals surface area (Å²) in [6.45, 7) is 5.75. The van der Waals surface area contributed by atoms with E-state index in [1.807, 2.05) is 16.7 Å². The molecule has 2 rings (SSSR count). The molecule has 2 unspecified atom stereocenters. The van der Waals surface area contributed by atoms with Crippen LogP contribution in [0.25, 0.3) is 0 Å². The molecule has 1 fully saturated rings. The van der Waals surface area contributed by atoms with Gasteiger partial charge in [-0.3, -0.25) is 4.79 Å². The number of rotatable bonds is 1. The Kier molecular flexibility index (Phi) is 3.71. The fourth-order valence-corrected chi connectivity index (χ4v) is 3.53. The second-order valence-electron chi connectivity index (χ2n) is 4.74. The standard InChI is InChI=1S/C13H18N2O2S/c1-8-6-15(7-9(2)18-8)13(17)10-3-4-11(14)12(16)5-10/h3-5,8-9,16H,6-7,14H2,1-2H3. The maximum Gasteiger partial charge on any atom is 0.254 e. The van der Waals surface area contributed by atoms with E-state index >= 15 is 0 Å². The molecule has 0 saturated carbocycles. The Hall–Kier alpha value is -1.36. The smallest absolute Gasteiger partial charge is 0.254 e. The van der Waals surface area contributed by atoms with Crippen LogP contribution in [-0.2, 0) is 0 Å². The van der Waals surface area contributed by atoms with Gasteiger partial charge in [0.25, 0.3) is 5.91 Å². The number of amides is 1. The molecule has 1 aliphatic heterocycles. The highest BCUT2D eigenvalue weighted by atomic mass is 32.2. The van der Waals surface area contributed by atoms with E-state index < -0.39 is 0 Å². The zero-order valence-electron chi connectivity index (χ0n) is 10.6. The molecule has 1 saturated heterocycles. The second kappa shape index (κ2) is 5.10. The van der Waals surface area contributed by atoms with E-state index in [0.29, 0.717) is 21.8 Å². The van der Waals surface area contributed by atoms with E-state index in [-0.39, 0.29) is 11.7 Å². The Morgan fingerprint density at radius 2 is 2.00 bits per heavy atom. The molecule has 4 nitrogen and oxygen atoms in total. The molecule has 0 aliphatic carbocycles. The Labute approximate surface area is 111 Å². The molecule has 0 bridgehead atoms. The minimum absolute atomic E-state index is 0.0340. The molecule has 1 aromatic rings. The molecule has 2 atom stereocenters. The molecule has 1 aromatic carbocycles. The quantitative estimate of drug-likeness (QED) is 0.602. The number of hydrogen-bond donors (Lipinski definition) is 2. The van der Waals surface area contributed by atoms with Gasteiger partial charge in [0, 0.05) is 29.2 Å². The van der Waals surface area contributed by atoms with Gasteiger partial charge in [0.05, 0.1) is 5.69 Å². The maximum absolute atomic E-state index is 12.3. The maximum atomic E-state index is 12.3. The van der Waals surface area contributed by atoms with Crippen molar-refractivity contribution < 1.29 is 9.90 Å². The Morgan fingerprint density at radius 1 is 1.39 bits per heavy atom. The lowest BCUT2D eigenvalue weighted by Gasteiger charge is -2.34. The first-order valence-corrected chi connectivity index (χ1v) is 6.95. The summed E-state index contributed by atoms with van der Waals surface area (Å²) in [6.07, 6.45) is 0. The average Bonchev–Trinajstić information content (AvgIpc) is 2.30. The van der Waals surface area contributed by atoms with Crippen LogP contribution in [0.2, 0.25) is 0 Å². The van der Waals surface area contributed by atoms with Crippen molar-refractivity contribution in [2.75, 3.05) is 18.8 Å². The van der Waals surface area contributed by atoms with Gasteiger partial charge in [0.2, 0.25) is 0 Å². The first-order chi connectivity index (χ1) is 8.47. The summed E-state index contributed by atoms with van der Waals surface area (Å²) in [5.74, 6) is -0.0716. The fourth-order valence-electron chi connectivity index (χ4n) is 2.20. The summed E-state index contributed by atoms with van der Waals surface area (Å²) in [7, 11) is 0. The Morgan fingerprint density at radius 3 is 2.56 bits per heavy atom. The predicted molar refractivity (Wildman–Crippen MR) is 74.9 cm³/mol. The van der Waals surface area contributed by atoms with Crippen molar-refractivity contribution in [2.45, 2.75) is 24.3 Å². The molecule has 1 heterocycles.